The van der Waals surface area contributed by atoms with E-state index in [2.05, 4.69) is 35.1 Å². The van der Waals surface area contributed by atoms with Gasteiger partial charge in [-0.1, -0.05) is 36.8 Å². The lowest BCUT2D eigenvalue weighted by Crippen LogP contribution is -2.60. The standard InChI is InChI=1S/C13H18BNO/c1-2-6-12(7-3-1)14-15-10-5-4-8-13(15)9-11-16-14/h1-3,6-7,13H,4-5,8-11H2. The van der Waals surface area contributed by atoms with Crippen LogP contribution in [0.5, 0.6) is 0 Å². The molecule has 84 valence electrons. The van der Waals surface area contributed by atoms with Crippen LogP contribution < -0.4 is 5.46 Å². The Hall–Kier alpha value is -0.795. The molecule has 1 aromatic carbocycles. The maximum atomic E-state index is 5.96. The van der Waals surface area contributed by atoms with Crippen LogP contribution in [0.1, 0.15) is 25.7 Å². The molecule has 16 heavy (non-hydrogen) atoms. The van der Waals surface area contributed by atoms with Gasteiger partial charge in [0.15, 0.2) is 0 Å². The zero-order valence-electron chi connectivity index (χ0n) is 9.64. The van der Waals surface area contributed by atoms with Crippen molar-refractivity contribution in [2.24, 2.45) is 0 Å². The first-order chi connectivity index (χ1) is 7.95. The zero-order valence-corrected chi connectivity index (χ0v) is 9.64. The molecule has 3 heteroatoms. The van der Waals surface area contributed by atoms with Gasteiger partial charge in [-0.05, 0) is 31.3 Å². The molecule has 0 spiro atoms. The van der Waals surface area contributed by atoms with Crippen LogP contribution in [0.3, 0.4) is 0 Å². The third kappa shape index (κ3) is 1.90. The Morgan fingerprint density at radius 3 is 2.88 bits per heavy atom. The lowest BCUT2D eigenvalue weighted by atomic mass is 9.67. The summed E-state index contributed by atoms with van der Waals surface area (Å²) in [5, 5.41) is 0. The van der Waals surface area contributed by atoms with Crippen LogP contribution in [0.25, 0.3) is 0 Å². The van der Waals surface area contributed by atoms with Gasteiger partial charge in [-0.2, -0.15) is 0 Å². The highest BCUT2D eigenvalue weighted by Gasteiger charge is 2.37. The van der Waals surface area contributed by atoms with Gasteiger partial charge in [-0.25, -0.2) is 0 Å². The molecule has 2 nitrogen and oxygen atoms in total. The van der Waals surface area contributed by atoms with Crippen LogP contribution in [0.2, 0.25) is 0 Å². The average Bonchev–Trinajstić information content (AvgIpc) is 2.39. The van der Waals surface area contributed by atoms with Crippen LogP contribution in [0, 0.1) is 0 Å². The smallest absolute Gasteiger partial charge is 0.417 e. The molecule has 2 heterocycles. The van der Waals surface area contributed by atoms with Crippen molar-refractivity contribution < 1.29 is 4.65 Å². The maximum absolute atomic E-state index is 5.96. The summed E-state index contributed by atoms with van der Waals surface area (Å²) in [5.41, 5.74) is 1.31. The first-order valence-electron chi connectivity index (χ1n) is 6.37. The zero-order chi connectivity index (χ0) is 10.8. The summed E-state index contributed by atoms with van der Waals surface area (Å²) in [6.07, 6.45) is 5.28. The van der Waals surface area contributed by atoms with E-state index in [1.807, 2.05) is 0 Å². The lowest BCUT2D eigenvalue weighted by Gasteiger charge is -2.43. The summed E-state index contributed by atoms with van der Waals surface area (Å²) in [4.78, 5) is 2.56. The topological polar surface area (TPSA) is 12.5 Å². The molecule has 0 bridgehead atoms. The third-order valence-corrected chi connectivity index (χ3v) is 3.79. The van der Waals surface area contributed by atoms with E-state index in [4.69, 9.17) is 4.65 Å². The summed E-state index contributed by atoms with van der Waals surface area (Å²) in [6.45, 7) is 2.12. The monoisotopic (exact) mass is 215 g/mol. The highest BCUT2D eigenvalue weighted by atomic mass is 16.4. The second kappa shape index (κ2) is 4.60. The highest BCUT2D eigenvalue weighted by Crippen LogP contribution is 2.24. The number of fused-ring (bicyclic) bond motifs is 1. The van der Waals surface area contributed by atoms with E-state index in [0.717, 1.165) is 12.6 Å². The van der Waals surface area contributed by atoms with Gasteiger partial charge in [0.1, 0.15) is 0 Å². The maximum Gasteiger partial charge on any atom is 0.418 e. The summed E-state index contributed by atoms with van der Waals surface area (Å²) in [6, 6.07) is 11.4. The molecule has 1 aromatic rings. The fourth-order valence-corrected chi connectivity index (χ4v) is 2.96. The van der Waals surface area contributed by atoms with E-state index in [-0.39, 0.29) is 7.05 Å². The van der Waals surface area contributed by atoms with Gasteiger partial charge >= 0.3 is 7.05 Å². The van der Waals surface area contributed by atoms with E-state index in [1.54, 1.807) is 0 Å². The molecule has 2 aliphatic heterocycles. The lowest BCUT2D eigenvalue weighted by molar-refractivity contribution is 0.126. The summed E-state index contributed by atoms with van der Waals surface area (Å²) in [5.74, 6) is 0. The number of hydrogen-bond acceptors (Lipinski definition) is 2. The quantitative estimate of drug-likeness (QED) is 0.660. The predicted octanol–water partition coefficient (Wildman–Crippen LogP) is 1.66. The van der Waals surface area contributed by atoms with E-state index < -0.39 is 0 Å². The van der Waals surface area contributed by atoms with Crippen LogP contribution in [-0.4, -0.2) is 31.1 Å². The molecule has 0 N–H and O–H groups in total. The van der Waals surface area contributed by atoms with Crippen molar-refractivity contribution in [2.45, 2.75) is 31.7 Å². The SMILES string of the molecule is c1ccc(B2OCCC3CCCCN23)cc1. The molecule has 0 saturated carbocycles. The third-order valence-electron chi connectivity index (χ3n) is 3.79. The van der Waals surface area contributed by atoms with Crippen LogP contribution in [0.15, 0.2) is 30.3 Å². The fraction of sp³-hybridized carbons (Fsp3) is 0.538. The van der Waals surface area contributed by atoms with Crippen LogP contribution in [-0.2, 0) is 4.65 Å². The normalized spacial score (nSPS) is 26.5. The molecule has 1 atom stereocenters. The van der Waals surface area contributed by atoms with Gasteiger partial charge in [0.2, 0.25) is 0 Å². The van der Waals surface area contributed by atoms with E-state index in [1.165, 1.54) is 37.7 Å². The number of rotatable bonds is 1. The number of hydrogen-bond donors (Lipinski definition) is 0. The minimum atomic E-state index is 0.209. The minimum Gasteiger partial charge on any atom is -0.417 e. The summed E-state index contributed by atoms with van der Waals surface area (Å²) in [7, 11) is 0.209. The Balaban J connectivity index is 1.83. The molecule has 1 unspecified atom stereocenters. The number of benzene rings is 1. The Bertz CT molecular complexity index is 341. The van der Waals surface area contributed by atoms with Crippen molar-refractivity contribution in [3.63, 3.8) is 0 Å². The van der Waals surface area contributed by atoms with Crippen molar-refractivity contribution in [1.82, 2.24) is 4.81 Å². The van der Waals surface area contributed by atoms with E-state index >= 15 is 0 Å². The number of piperidine rings is 1. The Morgan fingerprint density at radius 1 is 1.12 bits per heavy atom. The van der Waals surface area contributed by atoms with Gasteiger partial charge in [0, 0.05) is 12.6 Å². The van der Waals surface area contributed by atoms with Crippen LogP contribution >= 0.6 is 0 Å². The minimum absolute atomic E-state index is 0.209. The highest BCUT2D eigenvalue weighted by molar-refractivity contribution is 6.65. The molecule has 2 saturated heterocycles. The Morgan fingerprint density at radius 2 is 2.00 bits per heavy atom. The molecule has 0 radical (unpaired) electrons. The van der Waals surface area contributed by atoms with Gasteiger partial charge in [-0.3, -0.25) is 0 Å². The Kier molecular flexibility index (Phi) is 2.98. The van der Waals surface area contributed by atoms with Crippen LogP contribution in [0.4, 0.5) is 0 Å². The van der Waals surface area contributed by atoms with Crippen molar-refractivity contribution in [1.29, 1.82) is 0 Å². The molecule has 3 rings (SSSR count). The predicted molar refractivity (Wildman–Crippen MR) is 66.7 cm³/mol. The fourth-order valence-electron chi connectivity index (χ4n) is 2.96. The largest absolute Gasteiger partial charge is 0.418 e. The molecular weight excluding hydrogens is 197 g/mol. The number of nitrogens with zero attached hydrogens (tertiary/aromatic N) is 1. The second-order valence-corrected chi connectivity index (χ2v) is 4.81. The van der Waals surface area contributed by atoms with Gasteiger partial charge in [0.25, 0.3) is 0 Å². The Labute approximate surface area is 97.7 Å². The summed E-state index contributed by atoms with van der Waals surface area (Å²) >= 11 is 0. The molecule has 2 aliphatic rings. The van der Waals surface area contributed by atoms with E-state index in [0.29, 0.717) is 0 Å². The van der Waals surface area contributed by atoms with E-state index in [9.17, 15) is 0 Å². The molecule has 0 aromatic heterocycles. The molecule has 2 fully saturated rings. The van der Waals surface area contributed by atoms with Crippen molar-refractivity contribution in [2.75, 3.05) is 13.2 Å². The first kappa shape index (κ1) is 10.4. The molecular formula is C13H18BNO. The van der Waals surface area contributed by atoms with Gasteiger partial charge in [0.05, 0.1) is 0 Å². The van der Waals surface area contributed by atoms with Gasteiger partial charge in [-0.15, -0.1) is 0 Å². The van der Waals surface area contributed by atoms with Crippen molar-refractivity contribution >= 4 is 12.5 Å². The first-order valence-corrected chi connectivity index (χ1v) is 6.37. The molecule has 0 aliphatic carbocycles. The van der Waals surface area contributed by atoms with Gasteiger partial charge < -0.3 is 9.47 Å². The molecule has 0 amide bonds. The summed E-state index contributed by atoms with van der Waals surface area (Å²) < 4.78 is 5.96. The average molecular weight is 215 g/mol. The van der Waals surface area contributed by atoms with Crippen molar-refractivity contribution in [3.8, 4) is 0 Å². The van der Waals surface area contributed by atoms with Crippen molar-refractivity contribution in [3.05, 3.63) is 30.3 Å². The second-order valence-electron chi connectivity index (χ2n) is 4.81.